The van der Waals surface area contributed by atoms with E-state index in [2.05, 4.69) is 42.5 Å². The molecule has 0 bridgehead atoms. The molecule has 0 spiro atoms. The van der Waals surface area contributed by atoms with Gasteiger partial charge in [-0.15, -0.1) is 11.3 Å². The van der Waals surface area contributed by atoms with Crippen LogP contribution in [0.25, 0.3) is 20.2 Å². The molecule has 2 nitrogen and oxygen atoms in total. The van der Waals surface area contributed by atoms with E-state index in [1.807, 2.05) is 11.3 Å². The molecule has 3 aromatic rings. The van der Waals surface area contributed by atoms with Crippen LogP contribution in [0.15, 0.2) is 42.5 Å². The number of fused-ring (bicyclic) bond motifs is 3. The Labute approximate surface area is 113 Å². The van der Waals surface area contributed by atoms with Crippen LogP contribution in [-0.4, -0.2) is 5.17 Å². The molecule has 3 rings (SSSR count). The number of nitrogens with two attached hydrogens (primary N) is 1. The van der Waals surface area contributed by atoms with E-state index >= 15 is 0 Å². The number of hydrogen-bond donors (Lipinski definition) is 2. The van der Waals surface area contributed by atoms with E-state index in [0.29, 0.717) is 0 Å². The Morgan fingerprint density at radius 1 is 1.11 bits per heavy atom. The molecule has 18 heavy (non-hydrogen) atoms. The average Bonchev–Trinajstić information content (AvgIpc) is 2.74. The molecule has 0 amide bonds. The molecule has 0 saturated carbocycles. The van der Waals surface area contributed by atoms with Crippen molar-refractivity contribution in [3.05, 3.63) is 48.0 Å². The molecule has 0 aliphatic carbocycles. The summed E-state index contributed by atoms with van der Waals surface area (Å²) in [6.07, 6.45) is 0. The molecule has 3 N–H and O–H groups in total. The lowest BCUT2D eigenvalue weighted by molar-refractivity contribution is 1.44. The highest BCUT2D eigenvalue weighted by Crippen LogP contribution is 2.34. The van der Waals surface area contributed by atoms with E-state index < -0.39 is 0 Å². The number of nitrogens with one attached hydrogen (secondary N) is 1. The summed E-state index contributed by atoms with van der Waals surface area (Å²) in [5.41, 5.74) is 6.59. The third kappa shape index (κ3) is 2.09. The van der Waals surface area contributed by atoms with Gasteiger partial charge in [0.25, 0.3) is 0 Å². The van der Waals surface area contributed by atoms with Gasteiger partial charge in [0.05, 0.1) is 0 Å². The first-order chi connectivity index (χ1) is 8.74. The van der Waals surface area contributed by atoms with Crippen molar-refractivity contribution in [1.29, 1.82) is 5.41 Å². The number of amidine groups is 1. The zero-order chi connectivity index (χ0) is 12.5. The van der Waals surface area contributed by atoms with Gasteiger partial charge in [0.2, 0.25) is 0 Å². The van der Waals surface area contributed by atoms with Crippen LogP contribution in [0.4, 0.5) is 0 Å². The largest absolute Gasteiger partial charge is 0.379 e. The summed E-state index contributed by atoms with van der Waals surface area (Å²) in [6, 6.07) is 15.0. The molecular formula is C14H12N2S2. The van der Waals surface area contributed by atoms with Gasteiger partial charge in [-0.2, -0.15) is 0 Å². The van der Waals surface area contributed by atoms with Gasteiger partial charge in [0, 0.05) is 25.9 Å². The maximum absolute atomic E-state index is 7.25. The lowest BCUT2D eigenvalue weighted by Gasteiger charge is -2.00. The highest BCUT2D eigenvalue weighted by atomic mass is 32.2. The van der Waals surface area contributed by atoms with Crippen LogP contribution in [-0.2, 0) is 5.75 Å². The zero-order valence-electron chi connectivity index (χ0n) is 9.64. The third-order valence-electron chi connectivity index (χ3n) is 2.84. The zero-order valence-corrected chi connectivity index (χ0v) is 11.3. The maximum atomic E-state index is 7.25. The fourth-order valence-corrected chi connectivity index (χ4v) is 3.61. The number of rotatable bonds is 2. The number of thiophene rings is 1. The Hall–Kier alpha value is -1.52. The van der Waals surface area contributed by atoms with Gasteiger partial charge in [-0.1, -0.05) is 36.0 Å². The van der Waals surface area contributed by atoms with Crippen molar-refractivity contribution in [3.63, 3.8) is 0 Å². The fraction of sp³-hybridized carbons (Fsp3) is 0.0714. The normalized spacial score (nSPS) is 11.1. The topological polar surface area (TPSA) is 49.9 Å². The second-order valence-electron chi connectivity index (χ2n) is 4.08. The minimum absolute atomic E-state index is 0.172. The van der Waals surface area contributed by atoms with Crippen LogP contribution >= 0.6 is 23.1 Å². The van der Waals surface area contributed by atoms with Crippen molar-refractivity contribution in [2.45, 2.75) is 5.75 Å². The maximum Gasteiger partial charge on any atom is 0.151 e. The van der Waals surface area contributed by atoms with Gasteiger partial charge >= 0.3 is 0 Å². The summed E-state index contributed by atoms with van der Waals surface area (Å²) < 4.78 is 2.64. The molecule has 0 aliphatic heterocycles. The smallest absolute Gasteiger partial charge is 0.151 e. The summed E-state index contributed by atoms with van der Waals surface area (Å²) in [6.45, 7) is 0. The predicted molar refractivity (Wildman–Crippen MR) is 82.5 cm³/mol. The summed E-state index contributed by atoms with van der Waals surface area (Å²) in [5, 5.41) is 10.0. The molecule has 2 aromatic carbocycles. The highest BCUT2D eigenvalue weighted by Gasteiger charge is 2.05. The summed E-state index contributed by atoms with van der Waals surface area (Å²) in [7, 11) is 0. The Morgan fingerprint density at radius 2 is 1.89 bits per heavy atom. The van der Waals surface area contributed by atoms with E-state index in [-0.39, 0.29) is 5.17 Å². The van der Waals surface area contributed by atoms with Gasteiger partial charge in [0.1, 0.15) is 0 Å². The number of hydrogen-bond acceptors (Lipinski definition) is 3. The van der Waals surface area contributed by atoms with Gasteiger partial charge in [-0.05, 0) is 23.8 Å². The standard InChI is InChI=1S/C14H12N2S2/c15-14(16)17-8-9-5-6-13-11(7-9)10-3-1-2-4-12(10)18-13/h1-7H,8H2,(H3,15,16). The van der Waals surface area contributed by atoms with Crippen molar-refractivity contribution >= 4 is 48.4 Å². The van der Waals surface area contributed by atoms with Gasteiger partial charge in [0.15, 0.2) is 5.17 Å². The van der Waals surface area contributed by atoms with Crippen LogP contribution in [0, 0.1) is 5.41 Å². The Balaban J connectivity index is 2.09. The number of benzene rings is 2. The minimum atomic E-state index is 0.172. The van der Waals surface area contributed by atoms with E-state index in [0.717, 1.165) is 5.75 Å². The molecule has 0 aliphatic rings. The van der Waals surface area contributed by atoms with Gasteiger partial charge in [-0.3, -0.25) is 5.41 Å². The van der Waals surface area contributed by atoms with Crippen molar-refractivity contribution in [3.8, 4) is 0 Å². The Morgan fingerprint density at radius 3 is 2.72 bits per heavy atom. The monoisotopic (exact) mass is 272 g/mol. The molecule has 1 heterocycles. The lowest BCUT2D eigenvalue weighted by atomic mass is 10.1. The van der Waals surface area contributed by atoms with Crippen LogP contribution in [0.2, 0.25) is 0 Å². The molecule has 0 atom stereocenters. The van der Waals surface area contributed by atoms with Crippen molar-refractivity contribution in [1.82, 2.24) is 0 Å². The molecule has 4 heteroatoms. The lowest BCUT2D eigenvalue weighted by Crippen LogP contribution is -2.03. The summed E-state index contributed by atoms with van der Waals surface area (Å²) >= 11 is 3.19. The summed E-state index contributed by atoms with van der Waals surface area (Å²) in [4.78, 5) is 0. The first-order valence-corrected chi connectivity index (χ1v) is 7.41. The second-order valence-corrected chi connectivity index (χ2v) is 6.18. The van der Waals surface area contributed by atoms with Crippen molar-refractivity contribution < 1.29 is 0 Å². The fourth-order valence-electron chi connectivity index (χ4n) is 2.02. The second kappa shape index (κ2) is 4.63. The Kier molecular flexibility index (Phi) is 2.97. The van der Waals surface area contributed by atoms with E-state index in [4.69, 9.17) is 11.1 Å². The van der Waals surface area contributed by atoms with Crippen molar-refractivity contribution in [2.75, 3.05) is 0 Å². The van der Waals surface area contributed by atoms with Gasteiger partial charge < -0.3 is 5.73 Å². The van der Waals surface area contributed by atoms with Crippen LogP contribution < -0.4 is 5.73 Å². The van der Waals surface area contributed by atoms with E-state index in [1.54, 1.807) is 0 Å². The number of thioether (sulfide) groups is 1. The SMILES string of the molecule is N=C(N)SCc1ccc2sc3ccccc3c2c1. The molecule has 90 valence electrons. The average molecular weight is 272 g/mol. The Bertz CT molecular complexity index is 731. The van der Waals surface area contributed by atoms with Crippen LogP contribution in [0.1, 0.15) is 5.56 Å². The highest BCUT2D eigenvalue weighted by molar-refractivity contribution is 8.13. The minimum Gasteiger partial charge on any atom is -0.379 e. The molecular weight excluding hydrogens is 260 g/mol. The van der Waals surface area contributed by atoms with Crippen LogP contribution in [0.5, 0.6) is 0 Å². The van der Waals surface area contributed by atoms with Gasteiger partial charge in [-0.25, -0.2) is 0 Å². The molecule has 1 aromatic heterocycles. The quantitative estimate of drug-likeness (QED) is 0.543. The first-order valence-electron chi connectivity index (χ1n) is 5.61. The first kappa shape index (κ1) is 11.6. The van der Waals surface area contributed by atoms with E-state index in [9.17, 15) is 0 Å². The summed E-state index contributed by atoms with van der Waals surface area (Å²) in [5.74, 6) is 0.759. The predicted octanol–water partition coefficient (Wildman–Crippen LogP) is 4.18. The third-order valence-corrected chi connectivity index (χ3v) is 4.78. The van der Waals surface area contributed by atoms with Crippen molar-refractivity contribution in [2.24, 2.45) is 5.73 Å². The molecule has 0 radical (unpaired) electrons. The van der Waals surface area contributed by atoms with Crippen LogP contribution in [0.3, 0.4) is 0 Å². The molecule has 0 saturated heterocycles. The molecule has 0 fully saturated rings. The molecule has 0 unspecified atom stereocenters. The van der Waals surface area contributed by atoms with E-state index in [1.165, 1.54) is 37.5 Å².